The lowest BCUT2D eigenvalue weighted by atomic mass is 9.89. The van der Waals surface area contributed by atoms with Crippen LogP contribution in [0.25, 0.3) is 10.9 Å². The van der Waals surface area contributed by atoms with Crippen LogP contribution < -0.4 is 0 Å². The monoisotopic (exact) mass is 366 g/mol. The number of para-hydroxylation sites is 1. The molecule has 0 spiro atoms. The van der Waals surface area contributed by atoms with Crippen molar-refractivity contribution < 1.29 is 4.79 Å². The molecule has 5 nitrogen and oxygen atoms in total. The zero-order valence-electron chi connectivity index (χ0n) is 16.3. The van der Waals surface area contributed by atoms with E-state index in [0.717, 1.165) is 65.1 Å². The summed E-state index contributed by atoms with van der Waals surface area (Å²) in [4.78, 5) is 19.9. The van der Waals surface area contributed by atoms with Crippen molar-refractivity contribution in [1.82, 2.24) is 19.3 Å². The number of aromatic nitrogens is 1. The number of hydrogen-bond acceptors (Lipinski definition) is 4. The Balaban J connectivity index is 1.42. The first kappa shape index (κ1) is 17.4. The van der Waals surface area contributed by atoms with Crippen molar-refractivity contribution in [1.29, 1.82) is 0 Å². The van der Waals surface area contributed by atoms with Crippen LogP contribution in [0.5, 0.6) is 0 Å². The number of fused-ring (bicyclic) bond motifs is 3. The summed E-state index contributed by atoms with van der Waals surface area (Å²) in [6.07, 6.45) is 4.63. The second-order valence-corrected chi connectivity index (χ2v) is 8.62. The Morgan fingerprint density at radius 2 is 1.89 bits per heavy atom. The number of aldehydes is 1. The smallest absolute Gasteiger partial charge is 0.141 e. The Morgan fingerprint density at radius 1 is 1.07 bits per heavy atom. The van der Waals surface area contributed by atoms with E-state index in [1.807, 2.05) is 0 Å². The lowest BCUT2D eigenvalue weighted by Gasteiger charge is -2.49. The van der Waals surface area contributed by atoms with Gasteiger partial charge in [0.2, 0.25) is 0 Å². The first-order chi connectivity index (χ1) is 13.2. The van der Waals surface area contributed by atoms with Gasteiger partial charge in [-0.15, -0.1) is 0 Å². The van der Waals surface area contributed by atoms with Gasteiger partial charge in [0.1, 0.15) is 6.29 Å². The molecule has 2 fully saturated rings. The third-order valence-electron chi connectivity index (χ3n) is 7.24. The summed E-state index contributed by atoms with van der Waals surface area (Å²) in [5.74, 6) is 0. The molecule has 0 amide bonds. The number of piperazine rings is 1. The molecule has 1 aromatic carbocycles. The average molecular weight is 367 g/mol. The maximum absolute atomic E-state index is 12.5. The van der Waals surface area contributed by atoms with Gasteiger partial charge < -0.3 is 14.3 Å². The highest BCUT2D eigenvalue weighted by molar-refractivity contribution is 5.81. The highest BCUT2D eigenvalue weighted by Crippen LogP contribution is 2.39. The van der Waals surface area contributed by atoms with Crippen LogP contribution >= 0.6 is 0 Å². The average Bonchev–Trinajstić information content (AvgIpc) is 3.30. The molecule has 0 bridgehead atoms. The molecule has 0 radical (unpaired) electrons. The SMILES string of the molecule is CN1CCN(C2(C=O)CCCC2N2CCn3c(cc4ccccc43)C2)CC1. The normalized spacial score (nSPS) is 30.6. The van der Waals surface area contributed by atoms with Crippen LogP contribution in [0.3, 0.4) is 0 Å². The van der Waals surface area contributed by atoms with Crippen molar-refractivity contribution >= 4 is 17.2 Å². The summed E-state index contributed by atoms with van der Waals surface area (Å²) in [5, 5.41) is 1.33. The van der Waals surface area contributed by atoms with E-state index in [1.165, 1.54) is 22.9 Å². The van der Waals surface area contributed by atoms with Gasteiger partial charge in [-0.05, 0) is 43.8 Å². The predicted octanol–water partition coefficient (Wildman–Crippen LogP) is 2.19. The Labute approximate surface area is 161 Å². The van der Waals surface area contributed by atoms with Crippen molar-refractivity contribution in [3.05, 3.63) is 36.0 Å². The molecule has 27 heavy (non-hydrogen) atoms. The van der Waals surface area contributed by atoms with Crippen molar-refractivity contribution in [3.8, 4) is 0 Å². The predicted molar refractivity (Wildman–Crippen MR) is 108 cm³/mol. The van der Waals surface area contributed by atoms with Gasteiger partial charge in [0.05, 0.1) is 5.54 Å². The fourth-order valence-corrected chi connectivity index (χ4v) is 5.74. The third kappa shape index (κ3) is 2.75. The second kappa shape index (κ2) is 6.73. The van der Waals surface area contributed by atoms with E-state index < -0.39 is 0 Å². The number of nitrogens with zero attached hydrogens (tertiary/aromatic N) is 4. The van der Waals surface area contributed by atoms with Crippen LogP contribution in [-0.2, 0) is 17.9 Å². The number of benzene rings is 1. The molecule has 144 valence electrons. The van der Waals surface area contributed by atoms with Crippen molar-refractivity contribution in [2.75, 3.05) is 39.8 Å². The van der Waals surface area contributed by atoms with E-state index >= 15 is 0 Å². The van der Waals surface area contributed by atoms with Gasteiger partial charge in [0.15, 0.2) is 0 Å². The van der Waals surface area contributed by atoms with Crippen molar-refractivity contribution in [3.63, 3.8) is 0 Å². The van der Waals surface area contributed by atoms with Gasteiger partial charge in [0, 0.05) is 63.1 Å². The number of likely N-dealkylation sites (N-methyl/N-ethyl adjacent to an activating group) is 1. The molecule has 2 atom stereocenters. The summed E-state index contributed by atoms with van der Waals surface area (Å²) >= 11 is 0. The molecule has 0 N–H and O–H groups in total. The third-order valence-corrected chi connectivity index (χ3v) is 7.24. The minimum absolute atomic E-state index is 0.282. The molecule has 1 saturated heterocycles. The van der Waals surface area contributed by atoms with Crippen molar-refractivity contribution in [2.45, 2.75) is 43.9 Å². The summed E-state index contributed by atoms with van der Waals surface area (Å²) in [7, 11) is 2.18. The van der Waals surface area contributed by atoms with Crippen LogP contribution in [0.15, 0.2) is 30.3 Å². The van der Waals surface area contributed by atoms with Gasteiger partial charge in [-0.1, -0.05) is 18.2 Å². The van der Waals surface area contributed by atoms with Crippen molar-refractivity contribution in [2.24, 2.45) is 0 Å². The molecule has 5 rings (SSSR count). The van der Waals surface area contributed by atoms with Crippen LogP contribution in [0.2, 0.25) is 0 Å². The van der Waals surface area contributed by atoms with E-state index in [9.17, 15) is 4.79 Å². The molecule has 2 aromatic rings. The summed E-state index contributed by atoms with van der Waals surface area (Å²) < 4.78 is 2.47. The number of carbonyl (C=O) groups is 1. The second-order valence-electron chi connectivity index (χ2n) is 8.62. The van der Waals surface area contributed by atoms with E-state index in [4.69, 9.17) is 0 Å². The molecule has 2 aliphatic heterocycles. The topological polar surface area (TPSA) is 31.7 Å². The maximum atomic E-state index is 12.5. The zero-order chi connectivity index (χ0) is 18.4. The molecule has 1 aliphatic carbocycles. The Hall–Kier alpha value is -1.69. The largest absolute Gasteiger partial charge is 0.342 e. The fourth-order valence-electron chi connectivity index (χ4n) is 5.74. The molecule has 3 aliphatic rings. The van der Waals surface area contributed by atoms with Crippen LogP contribution in [0, 0.1) is 0 Å². The molecule has 3 heterocycles. The highest BCUT2D eigenvalue weighted by Gasteiger charge is 2.50. The van der Waals surface area contributed by atoms with E-state index in [2.05, 4.69) is 56.6 Å². The van der Waals surface area contributed by atoms with Gasteiger partial charge >= 0.3 is 0 Å². The Kier molecular flexibility index (Phi) is 4.34. The molecule has 1 aromatic heterocycles. The van der Waals surface area contributed by atoms with Gasteiger partial charge in [-0.2, -0.15) is 0 Å². The van der Waals surface area contributed by atoms with Gasteiger partial charge in [-0.3, -0.25) is 9.80 Å². The van der Waals surface area contributed by atoms with Gasteiger partial charge in [-0.25, -0.2) is 0 Å². The van der Waals surface area contributed by atoms with Crippen LogP contribution in [0.4, 0.5) is 0 Å². The van der Waals surface area contributed by atoms with E-state index in [-0.39, 0.29) is 5.54 Å². The molecular weight excluding hydrogens is 336 g/mol. The maximum Gasteiger partial charge on any atom is 0.141 e. The number of hydrogen-bond donors (Lipinski definition) is 0. The first-order valence-electron chi connectivity index (χ1n) is 10.4. The van der Waals surface area contributed by atoms with Gasteiger partial charge in [0.25, 0.3) is 0 Å². The Morgan fingerprint density at radius 3 is 2.70 bits per heavy atom. The highest BCUT2D eigenvalue weighted by atomic mass is 16.1. The molecule has 2 unspecified atom stereocenters. The lowest BCUT2D eigenvalue weighted by Crippen LogP contribution is -2.64. The lowest BCUT2D eigenvalue weighted by molar-refractivity contribution is -0.124. The fraction of sp³-hybridized carbons (Fsp3) is 0.591. The zero-order valence-corrected chi connectivity index (χ0v) is 16.3. The van der Waals surface area contributed by atoms with Crippen LogP contribution in [0.1, 0.15) is 25.0 Å². The summed E-state index contributed by atoms with van der Waals surface area (Å²) in [6, 6.07) is 11.4. The van der Waals surface area contributed by atoms with Crippen LogP contribution in [-0.4, -0.2) is 76.9 Å². The Bertz CT molecular complexity index is 838. The standard InChI is InChI=1S/C22H30N4O/c1-23-9-12-25(13-10-23)22(17-27)8-4-7-21(22)24-11-14-26-19(16-24)15-18-5-2-3-6-20(18)26/h2-3,5-6,15,17,21H,4,7-14,16H2,1H3. The number of rotatable bonds is 3. The minimum Gasteiger partial charge on any atom is -0.342 e. The molecule has 1 saturated carbocycles. The minimum atomic E-state index is -0.282. The van der Waals surface area contributed by atoms with E-state index in [1.54, 1.807) is 0 Å². The molecular formula is C22H30N4O. The summed E-state index contributed by atoms with van der Waals surface area (Å²) in [5.41, 5.74) is 2.46. The number of carbonyl (C=O) groups excluding carboxylic acids is 1. The summed E-state index contributed by atoms with van der Waals surface area (Å²) in [6.45, 7) is 7.19. The first-order valence-corrected chi connectivity index (χ1v) is 10.4. The molecule has 5 heteroatoms. The van der Waals surface area contributed by atoms with E-state index in [0.29, 0.717) is 6.04 Å². The quantitative estimate of drug-likeness (QED) is 0.780.